The van der Waals surface area contributed by atoms with Gasteiger partial charge in [0.25, 0.3) is 0 Å². The quantitative estimate of drug-likeness (QED) is 0.733. The summed E-state index contributed by atoms with van der Waals surface area (Å²) >= 11 is 0. The van der Waals surface area contributed by atoms with E-state index in [1.807, 2.05) is 24.1 Å². The SMILES string of the molecule is CN1CN(Cc2ccncn2)c2cc(-c3ccc(F)c(F)c3)cnc21. The van der Waals surface area contributed by atoms with E-state index in [1.165, 1.54) is 12.4 Å². The van der Waals surface area contributed by atoms with Crippen molar-refractivity contribution in [2.24, 2.45) is 0 Å². The molecule has 25 heavy (non-hydrogen) atoms. The van der Waals surface area contributed by atoms with Crippen molar-refractivity contribution < 1.29 is 8.78 Å². The average Bonchev–Trinajstić information content (AvgIpc) is 2.93. The van der Waals surface area contributed by atoms with Crippen LogP contribution in [0.15, 0.2) is 49.1 Å². The van der Waals surface area contributed by atoms with Gasteiger partial charge in [-0.15, -0.1) is 0 Å². The molecule has 0 atom stereocenters. The number of hydrogen-bond acceptors (Lipinski definition) is 5. The summed E-state index contributed by atoms with van der Waals surface area (Å²) in [5, 5.41) is 0. The Bertz CT molecular complexity index is 917. The van der Waals surface area contributed by atoms with E-state index in [9.17, 15) is 8.78 Å². The smallest absolute Gasteiger partial charge is 0.159 e. The maximum Gasteiger partial charge on any atom is 0.159 e. The van der Waals surface area contributed by atoms with E-state index in [-0.39, 0.29) is 0 Å². The number of nitrogens with zero attached hydrogens (tertiary/aromatic N) is 5. The highest BCUT2D eigenvalue weighted by Gasteiger charge is 2.25. The van der Waals surface area contributed by atoms with Gasteiger partial charge < -0.3 is 9.80 Å². The maximum atomic E-state index is 13.5. The fourth-order valence-corrected chi connectivity index (χ4v) is 2.95. The summed E-state index contributed by atoms with van der Waals surface area (Å²) in [6.07, 6.45) is 4.90. The van der Waals surface area contributed by atoms with E-state index in [0.29, 0.717) is 18.8 Å². The molecule has 3 heterocycles. The zero-order valence-corrected chi connectivity index (χ0v) is 13.5. The maximum absolute atomic E-state index is 13.5. The lowest BCUT2D eigenvalue weighted by Gasteiger charge is -2.18. The first-order valence-electron chi connectivity index (χ1n) is 7.78. The van der Waals surface area contributed by atoms with Crippen LogP contribution in [0, 0.1) is 11.6 Å². The van der Waals surface area contributed by atoms with Gasteiger partial charge in [0.1, 0.15) is 6.33 Å². The average molecular weight is 339 g/mol. The van der Waals surface area contributed by atoms with Crippen molar-refractivity contribution in [1.29, 1.82) is 0 Å². The second-order valence-electron chi connectivity index (χ2n) is 5.93. The number of halogens is 2. The third-order valence-corrected chi connectivity index (χ3v) is 4.18. The normalized spacial score (nSPS) is 13.2. The summed E-state index contributed by atoms with van der Waals surface area (Å²) < 4.78 is 26.7. The second-order valence-corrected chi connectivity index (χ2v) is 5.93. The molecule has 0 fully saturated rings. The molecule has 0 amide bonds. The molecule has 0 aliphatic carbocycles. The summed E-state index contributed by atoms with van der Waals surface area (Å²) in [4.78, 5) is 16.9. The van der Waals surface area contributed by atoms with Crippen LogP contribution in [-0.2, 0) is 6.54 Å². The van der Waals surface area contributed by atoms with Gasteiger partial charge in [-0.05, 0) is 29.8 Å². The number of rotatable bonds is 3. The van der Waals surface area contributed by atoms with Crippen LogP contribution in [0.25, 0.3) is 11.1 Å². The molecule has 1 aromatic carbocycles. The Morgan fingerprint density at radius 2 is 1.92 bits per heavy atom. The van der Waals surface area contributed by atoms with Crippen molar-refractivity contribution >= 4 is 11.5 Å². The van der Waals surface area contributed by atoms with Crippen LogP contribution in [0.4, 0.5) is 20.3 Å². The van der Waals surface area contributed by atoms with Crippen LogP contribution in [0.3, 0.4) is 0 Å². The molecule has 0 saturated heterocycles. The minimum Gasteiger partial charge on any atom is -0.345 e. The highest BCUT2D eigenvalue weighted by molar-refractivity contribution is 5.78. The molecule has 5 nitrogen and oxygen atoms in total. The van der Waals surface area contributed by atoms with Crippen molar-refractivity contribution in [1.82, 2.24) is 15.0 Å². The van der Waals surface area contributed by atoms with Gasteiger partial charge in [-0.25, -0.2) is 23.7 Å². The molecule has 2 aromatic heterocycles. The number of hydrogen-bond donors (Lipinski definition) is 0. The fraction of sp³-hybridized carbons (Fsp3) is 0.167. The minimum atomic E-state index is -0.868. The number of pyridine rings is 1. The van der Waals surface area contributed by atoms with Crippen molar-refractivity contribution in [2.45, 2.75) is 6.54 Å². The van der Waals surface area contributed by atoms with Crippen LogP contribution >= 0.6 is 0 Å². The molecule has 126 valence electrons. The predicted octanol–water partition coefficient (Wildman–Crippen LogP) is 3.23. The Labute approximate surface area is 143 Å². The van der Waals surface area contributed by atoms with Crippen LogP contribution in [0.5, 0.6) is 0 Å². The van der Waals surface area contributed by atoms with E-state index < -0.39 is 11.6 Å². The lowest BCUT2D eigenvalue weighted by atomic mass is 10.1. The molecule has 4 rings (SSSR count). The Morgan fingerprint density at radius 1 is 1.04 bits per heavy atom. The zero-order chi connectivity index (χ0) is 17.4. The molecule has 0 saturated carbocycles. The van der Waals surface area contributed by atoms with E-state index in [4.69, 9.17) is 0 Å². The Morgan fingerprint density at radius 3 is 2.68 bits per heavy atom. The Kier molecular flexibility index (Phi) is 3.76. The van der Waals surface area contributed by atoms with Crippen molar-refractivity contribution in [3.05, 3.63) is 66.4 Å². The first kappa shape index (κ1) is 15.4. The first-order chi connectivity index (χ1) is 12.1. The Hall–Kier alpha value is -3.09. The number of anilines is 2. The first-order valence-corrected chi connectivity index (χ1v) is 7.78. The molecule has 7 heteroatoms. The molecule has 0 N–H and O–H groups in total. The summed E-state index contributed by atoms with van der Waals surface area (Å²) in [5.41, 5.74) is 3.16. The molecule has 0 spiro atoms. The summed E-state index contributed by atoms with van der Waals surface area (Å²) in [6, 6.07) is 7.68. The van der Waals surface area contributed by atoms with E-state index >= 15 is 0 Å². The van der Waals surface area contributed by atoms with Crippen LogP contribution in [0.1, 0.15) is 5.69 Å². The lowest BCUT2D eigenvalue weighted by Crippen LogP contribution is -2.28. The fourth-order valence-electron chi connectivity index (χ4n) is 2.95. The zero-order valence-electron chi connectivity index (χ0n) is 13.5. The number of benzene rings is 1. The van der Waals surface area contributed by atoms with E-state index in [2.05, 4.69) is 19.9 Å². The molecular formula is C18H15F2N5. The van der Waals surface area contributed by atoms with Crippen molar-refractivity contribution in [2.75, 3.05) is 23.5 Å². The molecule has 0 unspecified atom stereocenters. The second kappa shape index (κ2) is 6.08. The van der Waals surface area contributed by atoms with Crippen molar-refractivity contribution in [3.63, 3.8) is 0 Å². The van der Waals surface area contributed by atoms with Crippen molar-refractivity contribution in [3.8, 4) is 11.1 Å². The summed E-state index contributed by atoms with van der Waals surface area (Å²) in [5.74, 6) is -0.878. The monoisotopic (exact) mass is 339 g/mol. The third kappa shape index (κ3) is 2.88. The van der Waals surface area contributed by atoms with Gasteiger partial charge in [-0.1, -0.05) is 6.07 Å². The molecule has 1 aliphatic rings. The highest BCUT2D eigenvalue weighted by Crippen LogP contribution is 2.37. The van der Waals surface area contributed by atoms with Gasteiger partial charge in [0, 0.05) is 25.0 Å². The summed E-state index contributed by atoms with van der Waals surface area (Å²) in [6.45, 7) is 1.29. The van der Waals surface area contributed by atoms with Gasteiger partial charge in [0.2, 0.25) is 0 Å². The number of aromatic nitrogens is 3. The van der Waals surface area contributed by atoms with Crippen LogP contribution in [-0.4, -0.2) is 28.7 Å². The molecular weight excluding hydrogens is 324 g/mol. The van der Waals surface area contributed by atoms with Gasteiger partial charge in [0.15, 0.2) is 17.5 Å². The summed E-state index contributed by atoms with van der Waals surface area (Å²) in [7, 11) is 1.96. The topological polar surface area (TPSA) is 45.2 Å². The highest BCUT2D eigenvalue weighted by atomic mass is 19.2. The lowest BCUT2D eigenvalue weighted by molar-refractivity contribution is 0.509. The Balaban J connectivity index is 1.70. The largest absolute Gasteiger partial charge is 0.345 e. The molecule has 0 bridgehead atoms. The standard InChI is InChI=1S/C18H15F2N5/c1-24-11-25(9-14-4-5-21-10-23-14)17-7-13(8-22-18(17)24)12-2-3-15(19)16(20)6-12/h2-8,10H,9,11H2,1H3. The molecule has 1 aliphatic heterocycles. The van der Waals surface area contributed by atoms with Gasteiger partial charge in [0.05, 0.1) is 24.6 Å². The van der Waals surface area contributed by atoms with Crippen LogP contribution < -0.4 is 9.80 Å². The minimum absolute atomic E-state index is 0.589. The molecule has 3 aromatic rings. The predicted molar refractivity (Wildman–Crippen MR) is 91.1 cm³/mol. The van der Waals surface area contributed by atoms with Crippen LogP contribution in [0.2, 0.25) is 0 Å². The number of fused-ring (bicyclic) bond motifs is 1. The van der Waals surface area contributed by atoms with Gasteiger partial charge in [-0.3, -0.25) is 0 Å². The van der Waals surface area contributed by atoms with Gasteiger partial charge in [-0.2, -0.15) is 0 Å². The van der Waals surface area contributed by atoms with E-state index in [0.717, 1.165) is 28.8 Å². The third-order valence-electron chi connectivity index (χ3n) is 4.18. The molecule has 0 radical (unpaired) electrons. The van der Waals surface area contributed by atoms with Gasteiger partial charge >= 0.3 is 0 Å². The van der Waals surface area contributed by atoms with E-state index in [1.54, 1.807) is 18.5 Å².